The van der Waals surface area contributed by atoms with E-state index in [4.69, 9.17) is 4.74 Å². The second kappa shape index (κ2) is 7.69. The van der Waals surface area contributed by atoms with Crippen molar-refractivity contribution in [1.82, 2.24) is 4.90 Å². The Morgan fingerprint density at radius 3 is 2.50 bits per heavy atom. The van der Waals surface area contributed by atoms with Crippen molar-refractivity contribution < 1.29 is 14.3 Å². The number of cyclic esters (lactones) is 1. The minimum Gasteiger partial charge on any atom is -0.465 e. The summed E-state index contributed by atoms with van der Waals surface area (Å²) in [6.07, 6.45) is 7.93. The van der Waals surface area contributed by atoms with E-state index in [1.165, 1.54) is 0 Å². The zero-order valence-electron chi connectivity index (χ0n) is 10.8. The van der Waals surface area contributed by atoms with Crippen LogP contribution in [0.3, 0.4) is 0 Å². The summed E-state index contributed by atoms with van der Waals surface area (Å²) < 4.78 is 4.90. The lowest BCUT2D eigenvalue weighted by molar-refractivity contribution is -0.145. The van der Waals surface area contributed by atoms with Crippen molar-refractivity contribution in [2.45, 2.75) is 32.1 Å². The Kier molecular flexibility index (Phi) is 6.19. The summed E-state index contributed by atoms with van der Waals surface area (Å²) in [5.74, 6) is 0.0509. The summed E-state index contributed by atoms with van der Waals surface area (Å²) >= 11 is 0. The molecule has 0 saturated carbocycles. The molecule has 0 spiro atoms. The summed E-state index contributed by atoms with van der Waals surface area (Å²) in [5.41, 5.74) is 0. The van der Waals surface area contributed by atoms with Crippen LogP contribution >= 0.6 is 0 Å². The normalized spacial score (nSPS) is 23.6. The van der Waals surface area contributed by atoms with Gasteiger partial charge in [0.05, 0.1) is 12.5 Å². The Hall–Kier alpha value is -1.58. The van der Waals surface area contributed by atoms with E-state index < -0.39 is 0 Å². The smallest absolute Gasteiger partial charge is 0.312 e. The quantitative estimate of drug-likeness (QED) is 0.558. The maximum Gasteiger partial charge on any atom is 0.312 e. The van der Waals surface area contributed by atoms with Crippen molar-refractivity contribution in [1.29, 1.82) is 0 Å². The van der Waals surface area contributed by atoms with Gasteiger partial charge in [0.25, 0.3) is 0 Å². The zero-order chi connectivity index (χ0) is 13.4. The number of hydrogen-bond donors (Lipinski definition) is 0. The number of carbonyl (C=O) groups is 2. The van der Waals surface area contributed by atoms with Crippen LogP contribution in [-0.2, 0) is 14.3 Å². The average Bonchev–Trinajstić information content (AvgIpc) is 2.68. The fraction of sp³-hybridized carbons (Fsp3) is 0.571. The van der Waals surface area contributed by atoms with E-state index >= 15 is 0 Å². The van der Waals surface area contributed by atoms with Gasteiger partial charge in [-0.1, -0.05) is 12.7 Å². The van der Waals surface area contributed by atoms with Gasteiger partial charge < -0.3 is 9.64 Å². The third kappa shape index (κ3) is 4.35. The highest BCUT2D eigenvalue weighted by molar-refractivity contribution is 5.78. The van der Waals surface area contributed by atoms with Gasteiger partial charge >= 0.3 is 5.97 Å². The van der Waals surface area contributed by atoms with Crippen molar-refractivity contribution >= 4 is 11.9 Å². The van der Waals surface area contributed by atoms with Gasteiger partial charge in [0.1, 0.15) is 0 Å². The summed E-state index contributed by atoms with van der Waals surface area (Å²) in [6.45, 7) is 8.52. The van der Waals surface area contributed by atoms with Gasteiger partial charge in [-0.25, -0.2) is 0 Å². The molecule has 100 valence electrons. The summed E-state index contributed by atoms with van der Waals surface area (Å²) in [7, 11) is 0. The second-order valence-electron chi connectivity index (χ2n) is 4.38. The number of ether oxygens (including phenoxy) is 1. The predicted molar refractivity (Wildman–Crippen MR) is 69.6 cm³/mol. The monoisotopic (exact) mass is 251 g/mol. The van der Waals surface area contributed by atoms with E-state index in [2.05, 4.69) is 13.2 Å². The van der Waals surface area contributed by atoms with Gasteiger partial charge in [-0.05, 0) is 31.9 Å². The first kappa shape index (κ1) is 14.5. The number of amides is 1. The molecule has 4 nitrogen and oxygen atoms in total. The fourth-order valence-electron chi connectivity index (χ4n) is 1.94. The highest BCUT2D eigenvalue weighted by Gasteiger charge is 2.18. The maximum atomic E-state index is 11.0. The molecule has 2 saturated heterocycles. The van der Waals surface area contributed by atoms with Crippen molar-refractivity contribution in [2.24, 2.45) is 5.92 Å². The minimum absolute atomic E-state index is 0.0532. The highest BCUT2D eigenvalue weighted by Crippen LogP contribution is 2.15. The SMILES string of the molecule is C=CC1CCCCOC1=O.C=CN1CCCC1=O. The van der Waals surface area contributed by atoms with Crippen LogP contribution < -0.4 is 0 Å². The Labute approximate surface area is 108 Å². The van der Waals surface area contributed by atoms with E-state index in [0.717, 1.165) is 32.2 Å². The molecule has 4 heteroatoms. The molecule has 0 aliphatic carbocycles. The number of hydrogen-bond acceptors (Lipinski definition) is 3. The van der Waals surface area contributed by atoms with Gasteiger partial charge in [-0.15, -0.1) is 6.58 Å². The number of esters is 1. The largest absolute Gasteiger partial charge is 0.465 e. The molecule has 1 atom stereocenters. The Morgan fingerprint density at radius 2 is 2.00 bits per heavy atom. The number of carbonyl (C=O) groups excluding carboxylic acids is 2. The van der Waals surface area contributed by atoms with Crippen LogP contribution in [0, 0.1) is 5.92 Å². The van der Waals surface area contributed by atoms with E-state index in [0.29, 0.717) is 13.0 Å². The Morgan fingerprint density at radius 1 is 1.22 bits per heavy atom. The molecule has 2 aliphatic heterocycles. The molecule has 1 unspecified atom stereocenters. The van der Waals surface area contributed by atoms with E-state index in [9.17, 15) is 9.59 Å². The van der Waals surface area contributed by atoms with Gasteiger partial charge in [0, 0.05) is 13.0 Å². The molecule has 2 heterocycles. The molecule has 0 bridgehead atoms. The number of nitrogens with zero attached hydrogens (tertiary/aromatic N) is 1. The first-order chi connectivity index (χ1) is 8.69. The van der Waals surface area contributed by atoms with E-state index in [1.54, 1.807) is 17.2 Å². The Balaban J connectivity index is 0.000000184. The van der Waals surface area contributed by atoms with Crippen molar-refractivity contribution in [2.75, 3.05) is 13.2 Å². The molecule has 2 fully saturated rings. The third-order valence-corrected chi connectivity index (χ3v) is 3.07. The average molecular weight is 251 g/mol. The van der Waals surface area contributed by atoms with E-state index in [1.807, 2.05) is 0 Å². The predicted octanol–water partition coefficient (Wildman–Crippen LogP) is 2.27. The molecular formula is C14H21NO3. The van der Waals surface area contributed by atoms with Crippen LogP contribution in [0.2, 0.25) is 0 Å². The van der Waals surface area contributed by atoms with Gasteiger partial charge in [0.2, 0.25) is 5.91 Å². The van der Waals surface area contributed by atoms with Crippen LogP contribution in [0.4, 0.5) is 0 Å². The molecule has 18 heavy (non-hydrogen) atoms. The van der Waals surface area contributed by atoms with Crippen LogP contribution in [0.1, 0.15) is 32.1 Å². The number of likely N-dealkylation sites (tertiary alicyclic amines) is 1. The minimum atomic E-state index is -0.104. The van der Waals surface area contributed by atoms with Crippen molar-refractivity contribution in [3.05, 3.63) is 25.4 Å². The first-order valence-corrected chi connectivity index (χ1v) is 6.40. The molecule has 0 aromatic heterocycles. The topological polar surface area (TPSA) is 46.6 Å². The molecule has 2 rings (SSSR count). The van der Waals surface area contributed by atoms with Gasteiger partial charge in [-0.3, -0.25) is 9.59 Å². The summed E-state index contributed by atoms with van der Waals surface area (Å²) in [6, 6.07) is 0. The summed E-state index contributed by atoms with van der Waals surface area (Å²) in [5, 5.41) is 0. The fourth-order valence-corrected chi connectivity index (χ4v) is 1.94. The van der Waals surface area contributed by atoms with Crippen molar-refractivity contribution in [3.63, 3.8) is 0 Å². The molecule has 0 radical (unpaired) electrons. The molecular weight excluding hydrogens is 230 g/mol. The number of rotatable bonds is 2. The lowest BCUT2D eigenvalue weighted by Crippen LogP contribution is -2.16. The summed E-state index contributed by atoms with van der Waals surface area (Å²) in [4.78, 5) is 23.3. The molecule has 0 N–H and O–H groups in total. The third-order valence-electron chi connectivity index (χ3n) is 3.07. The van der Waals surface area contributed by atoms with E-state index in [-0.39, 0.29) is 17.8 Å². The standard InChI is InChI=1S/C8H12O2.C6H9NO/c1-2-7-5-3-4-6-10-8(7)9;1-2-7-5-3-4-6(7)8/h2,7H,1,3-6H2;2H,1,3-5H2. The highest BCUT2D eigenvalue weighted by atomic mass is 16.5. The van der Waals surface area contributed by atoms with Crippen molar-refractivity contribution in [3.8, 4) is 0 Å². The Bertz CT molecular complexity index is 325. The van der Waals surface area contributed by atoms with Gasteiger partial charge in [-0.2, -0.15) is 0 Å². The molecule has 0 aromatic rings. The molecule has 1 amide bonds. The second-order valence-corrected chi connectivity index (χ2v) is 4.38. The van der Waals surface area contributed by atoms with Gasteiger partial charge in [0.15, 0.2) is 0 Å². The lowest BCUT2D eigenvalue weighted by Gasteiger charge is -2.05. The maximum absolute atomic E-state index is 11.0. The van der Waals surface area contributed by atoms with Crippen LogP contribution in [0.5, 0.6) is 0 Å². The van der Waals surface area contributed by atoms with Crippen LogP contribution in [0.25, 0.3) is 0 Å². The van der Waals surface area contributed by atoms with Crippen LogP contribution in [0.15, 0.2) is 25.4 Å². The van der Waals surface area contributed by atoms with Crippen LogP contribution in [-0.4, -0.2) is 29.9 Å². The lowest BCUT2D eigenvalue weighted by atomic mass is 10.0. The zero-order valence-corrected chi connectivity index (χ0v) is 10.8. The molecule has 2 aliphatic rings. The molecule has 0 aromatic carbocycles. The first-order valence-electron chi connectivity index (χ1n) is 6.40.